The molecule has 3 aromatic rings. The summed E-state index contributed by atoms with van der Waals surface area (Å²) in [6, 6.07) is 10.7. The number of sulfonamides is 1. The lowest BCUT2D eigenvalue weighted by atomic mass is 10.2. The van der Waals surface area contributed by atoms with E-state index in [1.807, 2.05) is 36.0 Å². The number of aryl methyl sites for hydroxylation is 3. The van der Waals surface area contributed by atoms with Crippen molar-refractivity contribution in [3.63, 3.8) is 0 Å². The molecule has 3 rings (SSSR count). The predicted molar refractivity (Wildman–Crippen MR) is 94.7 cm³/mol. The molecular weight excluding hydrogens is 332 g/mol. The number of aromatic nitrogens is 1. The molecule has 120 valence electrons. The molecule has 6 heteroatoms. The van der Waals surface area contributed by atoms with Crippen molar-refractivity contribution in [3.8, 4) is 0 Å². The first kappa shape index (κ1) is 15.9. The van der Waals surface area contributed by atoms with Crippen LogP contribution < -0.4 is 4.72 Å². The fourth-order valence-electron chi connectivity index (χ4n) is 2.58. The smallest absolute Gasteiger partial charge is 0.262 e. The molecule has 0 spiro atoms. The van der Waals surface area contributed by atoms with E-state index in [4.69, 9.17) is 11.6 Å². The Labute approximate surface area is 140 Å². The number of rotatable bonds is 3. The van der Waals surface area contributed by atoms with E-state index in [-0.39, 0.29) is 4.90 Å². The van der Waals surface area contributed by atoms with Crippen LogP contribution in [0.15, 0.2) is 47.5 Å². The number of hydrogen-bond acceptors (Lipinski definition) is 2. The van der Waals surface area contributed by atoms with E-state index in [1.54, 1.807) is 32.0 Å². The summed E-state index contributed by atoms with van der Waals surface area (Å²) in [6.07, 6.45) is 1.94. The third kappa shape index (κ3) is 2.94. The molecule has 0 aliphatic carbocycles. The summed E-state index contributed by atoms with van der Waals surface area (Å²) in [7, 11) is -1.74. The second kappa shape index (κ2) is 5.58. The van der Waals surface area contributed by atoms with Gasteiger partial charge in [0.2, 0.25) is 0 Å². The van der Waals surface area contributed by atoms with Crippen LogP contribution in [-0.4, -0.2) is 13.0 Å². The van der Waals surface area contributed by atoms with Gasteiger partial charge in [0.1, 0.15) is 0 Å². The topological polar surface area (TPSA) is 51.1 Å². The molecule has 0 fully saturated rings. The fourth-order valence-corrected chi connectivity index (χ4v) is 4.16. The fraction of sp³-hybridized carbons (Fsp3) is 0.176. The van der Waals surface area contributed by atoms with Gasteiger partial charge in [-0.25, -0.2) is 8.42 Å². The first-order valence-electron chi connectivity index (χ1n) is 7.12. The van der Waals surface area contributed by atoms with E-state index in [0.717, 1.165) is 16.5 Å². The number of halogens is 1. The van der Waals surface area contributed by atoms with Crippen molar-refractivity contribution in [2.45, 2.75) is 18.7 Å². The average molecular weight is 349 g/mol. The van der Waals surface area contributed by atoms with Gasteiger partial charge in [-0.05, 0) is 60.7 Å². The largest absolute Gasteiger partial charge is 0.350 e. The van der Waals surface area contributed by atoms with Crippen molar-refractivity contribution in [1.82, 2.24) is 4.57 Å². The Kier molecular flexibility index (Phi) is 3.86. The second-order valence-corrected chi connectivity index (χ2v) is 7.73. The zero-order valence-corrected chi connectivity index (χ0v) is 14.7. The zero-order chi connectivity index (χ0) is 16.8. The first-order valence-corrected chi connectivity index (χ1v) is 8.99. The standard InChI is InChI=1S/C17H17ClN2O2S/c1-11-9-17(12(2)8-15(11)18)23(21,22)19-14-5-4-13-6-7-20(3)16(13)10-14/h4-10,19H,1-3H3. The SMILES string of the molecule is Cc1cc(S(=O)(=O)Nc2ccc3ccn(C)c3c2)c(C)cc1Cl. The highest BCUT2D eigenvalue weighted by atomic mass is 35.5. The number of fused-ring (bicyclic) bond motifs is 1. The Hall–Kier alpha value is -1.98. The molecule has 23 heavy (non-hydrogen) atoms. The van der Waals surface area contributed by atoms with Crippen LogP contribution in [0.25, 0.3) is 10.9 Å². The molecule has 2 aromatic carbocycles. The van der Waals surface area contributed by atoms with Crippen molar-refractivity contribution < 1.29 is 8.42 Å². The van der Waals surface area contributed by atoms with Crippen LogP contribution in [0.1, 0.15) is 11.1 Å². The van der Waals surface area contributed by atoms with E-state index in [2.05, 4.69) is 4.72 Å². The third-order valence-corrected chi connectivity index (χ3v) is 5.82. The number of anilines is 1. The predicted octanol–water partition coefficient (Wildman–Crippen LogP) is 4.25. The maximum Gasteiger partial charge on any atom is 0.262 e. The molecule has 0 aliphatic heterocycles. The highest BCUT2D eigenvalue weighted by Gasteiger charge is 2.18. The first-order chi connectivity index (χ1) is 10.8. The van der Waals surface area contributed by atoms with Gasteiger partial charge in [0.15, 0.2) is 0 Å². The van der Waals surface area contributed by atoms with Crippen LogP contribution in [0.4, 0.5) is 5.69 Å². The molecule has 0 atom stereocenters. The molecule has 1 N–H and O–H groups in total. The molecule has 0 amide bonds. The maximum absolute atomic E-state index is 12.7. The van der Waals surface area contributed by atoms with Crippen LogP contribution in [0.3, 0.4) is 0 Å². The summed E-state index contributed by atoms with van der Waals surface area (Å²) in [5, 5.41) is 1.63. The number of nitrogens with zero attached hydrogens (tertiary/aromatic N) is 1. The summed E-state index contributed by atoms with van der Waals surface area (Å²) in [4.78, 5) is 0.242. The lowest BCUT2D eigenvalue weighted by Gasteiger charge is -2.12. The van der Waals surface area contributed by atoms with Crippen molar-refractivity contribution in [2.24, 2.45) is 7.05 Å². The van der Waals surface area contributed by atoms with E-state index in [0.29, 0.717) is 16.3 Å². The van der Waals surface area contributed by atoms with Gasteiger partial charge in [-0.15, -0.1) is 0 Å². The normalized spacial score (nSPS) is 11.8. The third-order valence-electron chi connectivity index (χ3n) is 3.89. The Morgan fingerprint density at radius 3 is 2.52 bits per heavy atom. The average Bonchev–Trinajstić information content (AvgIpc) is 2.83. The van der Waals surface area contributed by atoms with E-state index < -0.39 is 10.0 Å². The molecule has 0 unspecified atom stereocenters. The quantitative estimate of drug-likeness (QED) is 0.769. The summed E-state index contributed by atoms with van der Waals surface area (Å²) < 4.78 is 30.0. The van der Waals surface area contributed by atoms with Gasteiger partial charge in [0.05, 0.1) is 10.6 Å². The van der Waals surface area contributed by atoms with Crippen molar-refractivity contribution in [2.75, 3.05) is 4.72 Å². The van der Waals surface area contributed by atoms with Gasteiger partial charge < -0.3 is 4.57 Å². The minimum atomic E-state index is -3.67. The molecule has 1 aromatic heterocycles. The Balaban J connectivity index is 2.03. The van der Waals surface area contributed by atoms with Gasteiger partial charge >= 0.3 is 0 Å². The summed E-state index contributed by atoms with van der Waals surface area (Å²) in [6.45, 7) is 3.52. The molecule has 1 heterocycles. The molecule has 4 nitrogen and oxygen atoms in total. The summed E-state index contributed by atoms with van der Waals surface area (Å²) in [5.41, 5.74) is 2.85. The van der Waals surface area contributed by atoms with Gasteiger partial charge in [0.25, 0.3) is 10.0 Å². The maximum atomic E-state index is 12.7. The number of hydrogen-bond donors (Lipinski definition) is 1. The van der Waals surface area contributed by atoms with E-state index in [1.165, 1.54) is 0 Å². The van der Waals surface area contributed by atoms with Crippen molar-refractivity contribution in [1.29, 1.82) is 0 Å². The van der Waals surface area contributed by atoms with Gasteiger partial charge in [0, 0.05) is 23.8 Å². The van der Waals surface area contributed by atoms with E-state index in [9.17, 15) is 8.42 Å². The van der Waals surface area contributed by atoms with Crippen LogP contribution in [0.5, 0.6) is 0 Å². The van der Waals surface area contributed by atoms with Gasteiger partial charge in [-0.3, -0.25) is 4.72 Å². The van der Waals surface area contributed by atoms with Crippen LogP contribution >= 0.6 is 11.6 Å². The number of benzene rings is 2. The molecule has 0 bridgehead atoms. The Morgan fingerprint density at radius 2 is 1.78 bits per heavy atom. The molecular formula is C17H17ClN2O2S. The van der Waals surface area contributed by atoms with Gasteiger partial charge in [-0.2, -0.15) is 0 Å². The monoisotopic (exact) mass is 348 g/mol. The van der Waals surface area contributed by atoms with Crippen LogP contribution in [-0.2, 0) is 17.1 Å². The van der Waals surface area contributed by atoms with Crippen molar-refractivity contribution >= 4 is 38.2 Å². The Bertz CT molecular complexity index is 1010. The lowest BCUT2D eigenvalue weighted by molar-refractivity contribution is 0.600. The van der Waals surface area contributed by atoms with Crippen LogP contribution in [0, 0.1) is 13.8 Å². The van der Waals surface area contributed by atoms with Gasteiger partial charge in [-0.1, -0.05) is 17.7 Å². The van der Waals surface area contributed by atoms with Crippen LogP contribution in [0.2, 0.25) is 5.02 Å². The Morgan fingerprint density at radius 1 is 1.04 bits per heavy atom. The molecule has 0 saturated carbocycles. The van der Waals surface area contributed by atoms with E-state index >= 15 is 0 Å². The minimum absolute atomic E-state index is 0.242. The van der Waals surface area contributed by atoms with Crippen molar-refractivity contribution in [3.05, 3.63) is 58.7 Å². The molecule has 0 radical (unpaired) electrons. The minimum Gasteiger partial charge on any atom is -0.350 e. The highest BCUT2D eigenvalue weighted by molar-refractivity contribution is 7.92. The highest BCUT2D eigenvalue weighted by Crippen LogP contribution is 2.27. The summed E-state index contributed by atoms with van der Waals surface area (Å²) in [5.74, 6) is 0. The number of nitrogens with one attached hydrogen (secondary N) is 1. The molecule has 0 saturated heterocycles. The summed E-state index contributed by atoms with van der Waals surface area (Å²) >= 11 is 6.05. The lowest BCUT2D eigenvalue weighted by Crippen LogP contribution is -2.14. The molecule has 0 aliphatic rings. The second-order valence-electron chi connectivity index (χ2n) is 5.67. The zero-order valence-electron chi connectivity index (χ0n) is 13.1.